The van der Waals surface area contributed by atoms with Gasteiger partial charge in [0.25, 0.3) is 0 Å². The molecule has 0 aliphatic carbocycles. The lowest BCUT2D eigenvalue weighted by Gasteiger charge is -2.05. The zero-order valence-electron chi connectivity index (χ0n) is 10.3. The maximum Gasteiger partial charge on any atom is 0.153 e. The molecule has 0 saturated heterocycles. The van der Waals surface area contributed by atoms with Crippen LogP contribution in [0.5, 0.6) is 0 Å². The van der Waals surface area contributed by atoms with E-state index in [9.17, 15) is 0 Å². The fourth-order valence-electron chi connectivity index (χ4n) is 2.13. The van der Waals surface area contributed by atoms with Crippen molar-refractivity contribution in [3.05, 3.63) is 47.4 Å². The van der Waals surface area contributed by atoms with Crippen molar-refractivity contribution >= 4 is 17.4 Å². The Morgan fingerprint density at radius 1 is 1.21 bits per heavy atom. The molecule has 0 aliphatic heterocycles. The van der Waals surface area contributed by atoms with E-state index in [4.69, 9.17) is 21.8 Å². The molecule has 0 bridgehead atoms. The van der Waals surface area contributed by atoms with Gasteiger partial charge in [-0.3, -0.25) is 5.10 Å². The number of hydrogen-bond acceptors (Lipinski definition) is 3. The Labute approximate surface area is 115 Å². The monoisotopic (exact) mass is 273 g/mol. The third-order valence-electron chi connectivity index (χ3n) is 3.07. The van der Waals surface area contributed by atoms with Crippen LogP contribution in [0.2, 0.25) is 5.02 Å². The zero-order valence-corrected chi connectivity index (χ0v) is 11.0. The molecule has 5 heteroatoms. The summed E-state index contributed by atoms with van der Waals surface area (Å²) < 4.78 is 5.33. The van der Waals surface area contributed by atoms with Crippen molar-refractivity contribution in [2.45, 2.75) is 6.92 Å². The maximum atomic E-state index is 6.24. The minimum absolute atomic E-state index is 0.420. The van der Waals surface area contributed by atoms with Gasteiger partial charge >= 0.3 is 0 Å². The maximum absolute atomic E-state index is 6.24. The number of aromatic amines is 1. The Morgan fingerprint density at radius 3 is 2.68 bits per heavy atom. The number of nitrogens with one attached hydrogen (secondary N) is 1. The van der Waals surface area contributed by atoms with Crippen molar-refractivity contribution in [2.75, 3.05) is 5.73 Å². The Kier molecular flexibility index (Phi) is 2.80. The van der Waals surface area contributed by atoms with Crippen LogP contribution in [-0.4, -0.2) is 10.2 Å². The molecule has 96 valence electrons. The minimum Gasteiger partial charge on any atom is -0.469 e. The molecular weight excluding hydrogens is 262 g/mol. The van der Waals surface area contributed by atoms with Crippen LogP contribution in [0.1, 0.15) is 5.76 Å². The minimum atomic E-state index is 0.420. The van der Waals surface area contributed by atoms with Gasteiger partial charge in [-0.15, -0.1) is 0 Å². The predicted molar refractivity (Wildman–Crippen MR) is 75.9 cm³/mol. The zero-order chi connectivity index (χ0) is 13.4. The highest BCUT2D eigenvalue weighted by atomic mass is 35.5. The van der Waals surface area contributed by atoms with E-state index in [-0.39, 0.29) is 0 Å². The molecule has 3 aromatic rings. The molecule has 2 aromatic heterocycles. The molecule has 19 heavy (non-hydrogen) atoms. The van der Waals surface area contributed by atoms with E-state index in [1.54, 1.807) is 6.26 Å². The average Bonchev–Trinajstić information content (AvgIpc) is 2.96. The van der Waals surface area contributed by atoms with E-state index >= 15 is 0 Å². The quantitative estimate of drug-likeness (QED) is 0.744. The third-order valence-corrected chi connectivity index (χ3v) is 3.40. The molecule has 0 aliphatic rings. The van der Waals surface area contributed by atoms with E-state index in [0.717, 1.165) is 28.1 Å². The van der Waals surface area contributed by atoms with Crippen molar-refractivity contribution in [3.63, 3.8) is 0 Å². The van der Waals surface area contributed by atoms with E-state index in [1.165, 1.54) is 0 Å². The Morgan fingerprint density at radius 2 is 2.00 bits per heavy atom. The number of halogens is 1. The molecule has 0 amide bonds. The number of benzene rings is 1. The highest BCUT2D eigenvalue weighted by Gasteiger charge is 2.19. The number of nitrogen functional groups attached to an aromatic ring is 1. The first-order chi connectivity index (χ1) is 9.18. The van der Waals surface area contributed by atoms with Gasteiger partial charge in [-0.1, -0.05) is 29.8 Å². The van der Waals surface area contributed by atoms with Crippen molar-refractivity contribution in [1.82, 2.24) is 10.2 Å². The van der Waals surface area contributed by atoms with Crippen LogP contribution >= 0.6 is 11.6 Å². The second-order valence-corrected chi connectivity index (χ2v) is 4.64. The number of anilines is 1. The highest BCUT2D eigenvalue weighted by molar-refractivity contribution is 6.33. The molecular formula is C14H12ClN3O. The SMILES string of the molecule is Cc1occc1-c1[nH]nc(N)c1-c1ccccc1Cl. The smallest absolute Gasteiger partial charge is 0.153 e. The molecule has 0 fully saturated rings. The summed E-state index contributed by atoms with van der Waals surface area (Å²) in [4.78, 5) is 0. The lowest BCUT2D eigenvalue weighted by Crippen LogP contribution is -1.89. The van der Waals surface area contributed by atoms with Gasteiger partial charge in [0.15, 0.2) is 5.82 Å². The molecule has 2 heterocycles. The van der Waals surface area contributed by atoms with Gasteiger partial charge in [0, 0.05) is 16.1 Å². The van der Waals surface area contributed by atoms with Crippen LogP contribution in [0.25, 0.3) is 22.4 Å². The van der Waals surface area contributed by atoms with Crippen LogP contribution in [0, 0.1) is 6.92 Å². The second-order valence-electron chi connectivity index (χ2n) is 4.23. The van der Waals surface area contributed by atoms with Gasteiger partial charge in [-0.25, -0.2) is 0 Å². The standard InChI is InChI=1S/C14H12ClN3O/c1-8-9(6-7-19-8)13-12(14(16)18-17-13)10-4-2-3-5-11(10)15/h2-7H,1H3,(H3,16,17,18). The van der Waals surface area contributed by atoms with Crippen LogP contribution < -0.4 is 5.73 Å². The van der Waals surface area contributed by atoms with Crippen molar-refractivity contribution in [1.29, 1.82) is 0 Å². The highest BCUT2D eigenvalue weighted by Crippen LogP contribution is 2.39. The van der Waals surface area contributed by atoms with E-state index in [2.05, 4.69) is 10.2 Å². The fraction of sp³-hybridized carbons (Fsp3) is 0.0714. The number of hydrogen-bond donors (Lipinski definition) is 2. The molecule has 0 atom stereocenters. The number of aromatic nitrogens is 2. The molecule has 4 nitrogen and oxygen atoms in total. The lowest BCUT2D eigenvalue weighted by atomic mass is 10.0. The Bertz CT molecular complexity index is 730. The molecule has 0 spiro atoms. The fourth-order valence-corrected chi connectivity index (χ4v) is 2.36. The topological polar surface area (TPSA) is 67.8 Å². The third kappa shape index (κ3) is 1.90. The van der Waals surface area contributed by atoms with Gasteiger partial charge in [0.05, 0.1) is 17.5 Å². The molecule has 1 aromatic carbocycles. The van der Waals surface area contributed by atoms with Crippen LogP contribution in [-0.2, 0) is 0 Å². The molecule has 3 rings (SSSR count). The number of aryl methyl sites for hydroxylation is 1. The number of nitrogens with two attached hydrogens (primary N) is 1. The van der Waals surface area contributed by atoms with Crippen molar-refractivity contribution in [2.24, 2.45) is 0 Å². The Hall–Kier alpha value is -2.20. The predicted octanol–water partition coefficient (Wildman–Crippen LogP) is 3.88. The number of furan rings is 1. The summed E-state index contributed by atoms with van der Waals surface area (Å²) >= 11 is 6.24. The summed E-state index contributed by atoms with van der Waals surface area (Å²) in [6.45, 7) is 1.89. The van der Waals surface area contributed by atoms with E-state index in [0.29, 0.717) is 10.8 Å². The van der Waals surface area contributed by atoms with Gasteiger partial charge in [0.1, 0.15) is 5.76 Å². The molecule has 3 N–H and O–H groups in total. The summed E-state index contributed by atoms with van der Waals surface area (Å²) in [6.07, 6.45) is 1.64. The first-order valence-corrected chi connectivity index (χ1v) is 6.19. The summed E-state index contributed by atoms with van der Waals surface area (Å²) in [5.74, 6) is 1.22. The van der Waals surface area contributed by atoms with Gasteiger partial charge in [-0.2, -0.15) is 5.10 Å². The Balaban J connectivity index is 2.26. The van der Waals surface area contributed by atoms with E-state index < -0.39 is 0 Å². The summed E-state index contributed by atoms with van der Waals surface area (Å²) in [5, 5.41) is 7.67. The molecule has 0 unspecified atom stereocenters. The average molecular weight is 274 g/mol. The first-order valence-electron chi connectivity index (χ1n) is 5.81. The van der Waals surface area contributed by atoms with Crippen LogP contribution in [0.3, 0.4) is 0 Å². The largest absolute Gasteiger partial charge is 0.469 e. The van der Waals surface area contributed by atoms with Crippen LogP contribution in [0.15, 0.2) is 41.0 Å². The number of H-pyrrole nitrogens is 1. The molecule has 0 radical (unpaired) electrons. The van der Waals surface area contributed by atoms with Gasteiger partial charge in [0.2, 0.25) is 0 Å². The summed E-state index contributed by atoms with van der Waals surface area (Å²) in [7, 11) is 0. The summed E-state index contributed by atoms with van der Waals surface area (Å²) in [5.41, 5.74) is 9.37. The summed E-state index contributed by atoms with van der Waals surface area (Å²) in [6, 6.07) is 9.42. The number of nitrogens with zero attached hydrogens (tertiary/aromatic N) is 1. The lowest BCUT2D eigenvalue weighted by molar-refractivity contribution is 0.535. The van der Waals surface area contributed by atoms with Crippen molar-refractivity contribution < 1.29 is 4.42 Å². The molecule has 0 saturated carbocycles. The van der Waals surface area contributed by atoms with Crippen LogP contribution in [0.4, 0.5) is 5.82 Å². The normalized spacial score (nSPS) is 10.8. The van der Waals surface area contributed by atoms with Crippen molar-refractivity contribution in [3.8, 4) is 22.4 Å². The second kappa shape index (κ2) is 4.48. The van der Waals surface area contributed by atoms with Gasteiger partial charge < -0.3 is 10.2 Å². The van der Waals surface area contributed by atoms with Gasteiger partial charge in [-0.05, 0) is 19.1 Å². The number of rotatable bonds is 2. The first kappa shape index (κ1) is 11.9. The van der Waals surface area contributed by atoms with E-state index in [1.807, 2.05) is 37.3 Å².